The Morgan fingerprint density at radius 3 is 2.21 bits per heavy atom. The van der Waals surface area contributed by atoms with E-state index < -0.39 is 0 Å². The highest BCUT2D eigenvalue weighted by atomic mass is 16.3. The summed E-state index contributed by atoms with van der Waals surface area (Å²) >= 11 is 0. The van der Waals surface area contributed by atoms with Crippen LogP contribution >= 0.6 is 0 Å². The molecule has 0 aliphatic carbocycles. The van der Waals surface area contributed by atoms with E-state index in [2.05, 4.69) is 0 Å². The van der Waals surface area contributed by atoms with Gasteiger partial charge in [-0.1, -0.05) is 44.2 Å². The lowest BCUT2D eigenvalue weighted by atomic mass is 9.87. The van der Waals surface area contributed by atoms with E-state index in [4.69, 9.17) is 5.73 Å². The summed E-state index contributed by atoms with van der Waals surface area (Å²) in [6.45, 7) is 4.51. The van der Waals surface area contributed by atoms with Gasteiger partial charge in [-0.25, -0.2) is 0 Å². The van der Waals surface area contributed by atoms with Crippen LogP contribution in [0, 0.1) is 5.92 Å². The fraction of sp³-hybridized carbons (Fsp3) is 0.500. The summed E-state index contributed by atoms with van der Waals surface area (Å²) in [7, 11) is 0. The van der Waals surface area contributed by atoms with E-state index in [0.717, 1.165) is 5.56 Å². The quantitative estimate of drug-likeness (QED) is 0.765. The van der Waals surface area contributed by atoms with Crippen molar-refractivity contribution in [3.05, 3.63) is 35.9 Å². The van der Waals surface area contributed by atoms with Gasteiger partial charge in [0.2, 0.25) is 0 Å². The second-order valence-corrected chi connectivity index (χ2v) is 3.99. The Labute approximate surface area is 85.8 Å². The predicted octanol–water partition coefficient (Wildman–Crippen LogP) is 1.75. The molecule has 0 radical (unpaired) electrons. The van der Waals surface area contributed by atoms with Crippen LogP contribution in [0.1, 0.15) is 25.3 Å². The topological polar surface area (TPSA) is 46.2 Å². The minimum absolute atomic E-state index is 0.0520. The van der Waals surface area contributed by atoms with Gasteiger partial charge in [0, 0.05) is 12.5 Å². The second-order valence-electron chi connectivity index (χ2n) is 3.99. The van der Waals surface area contributed by atoms with Crippen molar-refractivity contribution in [3.63, 3.8) is 0 Å². The number of rotatable bonds is 4. The van der Waals surface area contributed by atoms with E-state index >= 15 is 0 Å². The second kappa shape index (κ2) is 5.13. The molecule has 0 aliphatic heterocycles. The number of aliphatic hydroxyl groups excluding tert-OH is 1. The number of hydrogen-bond acceptors (Lipinski definition) is 2. The zero-order chi connectivity index (χ0) is 10.6. The number of aliphatic hydroxyl groups is 1. The zero-order valence-electron chi connectivity index (χ0n) is 8.85. The van der Waals surface area contributed by atoms with Gasteiger partial charge < -0.3 is 10.8 Å². The molecule has 0 amide bonds. The van der Waals surface area contributed by atoms with Crippen molar-refractivity contribution in [1.29, 1.82) is 0 Å². The van der Waals surface area contributed by atoms with Gasteiger partial charge in [-0.15, -0.1) is 0 Å². The molecule has 1 aromatic carbocycles. The van der Waals surface area contributed by atoms with Crippen molar-refractivity contribution in [2.75, 3.05) is 6.54 Å². The van der Waals surface area contributed by atoms with Gasteiger partial charge in [0.05, 0.1) is 6.10 Å². The van der Waals surface area contributed by atoms with E-state index in [0.29, 0.717) is 6.54 Å². The fourth-order valence-corrected chi connectivity index (χ4v) is 1.64. The SMILES string of the molecule is CC(C)[C@@H](O)[C@@H](CN)c1ccccc1. The average Bonchev–Trinajstić information content (AvgIpc) is 2.20. The molecule has 0 heterocycles. The Hall–Kier alpha value is -0.860. The highest BCUT2D eigenvalue weighted by Crippen LogP contribution is 2.22. The normalized spacial score (nSPS) is 15.5. The molecule has 2 nitrogen and oxygen atoms in total. The lowest BCUT2D eigenvalue weighted by Crippen LogP contribution is -2.29. The molecule has 1 rings (SSSR count). The molecule has 0 fully saturated rings. The first-order chi connectivity index (χ1) is 6.66. The molecule has 0 spiro atoms. The van der Waals surface area contributed by atoms with E-state index in [1.165, 1.54) is 0 Å². The molecule has 0 saturated heterocycles. The third kappa shape index (κ3) is 2.56. The van der Waals surface area contributed by atoms with E-state index in [-0.39, 0.29) is 17.9 Å². The van der Waals surface area contributed by atoms with Crippen molar-refractivity contribution in [2.24, 2.45) is 11.7 Å². The molecule has 2 heteroatoms. The summed E-state index contributed by atoms with van der Waals surface area (Å²) < 4.78 is 0. The van der Waals surface area contributed by atoms with Crippen LogP contribution in [-0.2, 0) is 0 Å². The molecule has 0 aliphatic rings. The van der Waals surface area contributed by atoms with E-state index in [9.17, 15) is 5.11 Å². The average molecular weight is 193 g/mol. The highest BCUT2D eigenvalue weighted by molar-refractivity contribution is 5.21. The Morgan fingerprint density at radius 2 is 1.79 bits per heavy atom. The van der Waals surface area contributed by atoms with E-state index in [1.54, 1.807) is 0 Å². The standard InChI is InChI=1S/C12H19NO/c1-9(2)12(14)11(8-13)10-6-4-3-5-7-10/h3-7,9,11-12,14H,8,13H2,1-2H3/t11-,12+/m0/s1. The number of benzene rings is 1. The predicted molar refractivity (Wildman–Crippen MR) is 59.1 cm³/mol. The lowest BCUT2D eigenvalue weighted by molar-refractivity contribution is 0.0985. The summed E-state index contributed by atoms with van der Waals surface area (Å²) in [5.74, 6) is 0.292. The molecule has 2 atom stereocenters. The summed E-state index contributed by atoms with van der Waals surface area (Å²) in [5.41, 5.74) is 6.80. The molecule has 3 N–H and O–H groups in total. The van der Waals surface area contributed by atoms with Crippen LogP contribution in [0.15, 0.2) is 30.3 Å². The Balaban J connectivity index is 2.82. The van der Waals surface area contributed by atoms with Crippen LogP contribution in [-0.4, -0.2) is 17.8 Å². The van der Waals surface area contributed by atoms with Gasteiger partial charge in [-0.3, -0.25) is 0 Å². The van der Waals surface area contributed by atoms with E-state index in [1.807, 2.05) is 44.2 Å². The first-order valence-corrected chi connectivity index (χ1v) is 5.10. The Kier molecular flexibility index (Phi) is 4.11. The smallest absolute Gasteiger partial charge is 0.0643 e. The van der Waals surface area contributed by atoms with Crippen LogP contribution in [0.3, 0.4) is 0 Å². The molecule has 0 aromatic heterocycles. The summed E-state index contributed by atoms with van der Waals surface area (Å²) in [6.07, 6.45) is -0.359. The maximum Gasteiger partial charge on any atom is 0.0643 e. The highest BCUT2D eigenvalue weighted by Gasteiger charge is 2.21. The van der Waals surface area contributed by atoms with Crippen LogP contribution < -0.4 is 5.73 Å². The first-order valence-electron chi connectivity index (χ1n) is 5.10. The number of nitrogens with two attached hydrogens (primary N) is 1. The molecule has 1 aromatic rings. The van der Waals surface area contributed by atoms with Gasteiger partial charge in [-0.2, -0.15) is 0 Å². The van der Waals surface area contributed by atoms with Gasteiger partial charge in [0.1, 0.15) is 0 Å². The molecule has 0 saturated carbocycles. The van der Waals surface area contributed by atoms with Gasteiger partial charge >= 0.3 is 0 Å². The third-order valence-corrected chi connectivity index (χ3v) is 2.58. The molecule has 78 valence electrons. The first kappa shape index (κ1) is 11.2. The fourth-order valence-electron chi connectivity index (χ4n) is 1.64. The molecule has 0 bridgehead atoms. The molecular formula is C12H19NO. The molecular weight excluding hydrogens is 174 g/mol. The van der Waals surface area contributed by atoms with Crippen molar-refractivity contribution in [2.45, 2.75) is 25.9 Å². The van der Waals surface area contributed by atoms with Gasteiger partial charge in [0.15, 0.2) is 0 Å². The zero-order valence-corrected chi connectivity index (χ0v) is 8.85. The van der Waals surface area contributed by atoms with Crippen LogP contribution in [0.25, 0.3) is 0 Å². The Morgan fingerprint density at radius 1 is 1.21 bits per heavy atom. The molecule has 14 heavy (non-hydrogen) atoms. The largest absolute Gasteiger partial charge is 0.392 e. The summed E-state index contributed by atoms with van der Waals surface area (Å²) in [6, 6.07) is 9.96. The van der Waals surface area contributed by atoms with Crippen LogP contribution in [0.5, 0.6) is 0 Å². The lowest BCUT2D eigenvalue weighted by Gasteiger charge is -2.24. The minimum atomic E-state index is -0.359. The maximum atomic E-state index is 9.96. The summed E-state index contributed by atoms with van der Waals surface area (Å²) in [5, 5.41) is 9.96. The minimum Gasteiger partial charge on any atom is -0.392 e. The third-order valence-electron chi connectivity index (χ3n) is 2.58. The summed E-state index contributed by atoms with van der Waals surface area (Å²) in [4.78, 5) is 0. The number of hydrogen-bond donors (Lipinski definition) is 2. The van der Waals surface area contributed by atoms with Gasteiger partial charge in [0.25, 0.3) is 0 Å². The van der Waals surface area contributed by atoms with Crippen molar-refractivity contribution in [3.8, 4) is 0 Å². The molecule has 0 unspecified atom stereocenters. The van der Waals surface area contributed by atoms with Crippen LogP contribution in [0.4, 0.5) is 0 Å². The van der Waals surface area contributed by atoms with Crippen LogP contribution in [0.2, 0.25) is 0 Å². The van der Waals surface area contributed by atoms with Gasteiger partial charge in [-0.05, 0) is 11.5 Å². The monoisotopic (exact) mass is 193 g/mol. The van der Waals surface area contributed by atoms with Crippen molar-refractivity contribution >= 4 is 0 Å². The van der Waals surface area contributed by atoms with Crippen molar-refractivity contribution < 1.29 is 5.11 Å². The Bertz CT molecular complexity index is 258. The van der Waals surface area contributed by atoms with Crippen molar-refractivity contribution in [1.82, 2.24) is 0 Å². The maximum absolute atomic E-state index is 9.96.